The van der Waals surface area contributed by atoms with Gasteiger partial charge in [0.25, 0.3) is 0 Å². The quantitative estimate of drug-likeness (QED) is 0.829. The molecule has 84 valence electrons. The SMILES string of the molecule is Cc1ccsc1CN1CCNCC1(C)C. The van der Waals surface area contributed by atoms with Crippen molar-refractivity contribution in [3.63, 3.8) is 0 Å². The lowest BCUT2D eigenvalue weighted by Crippen LogP contribution is -2.57. The molecule has 2 heterocycles. The first-order valence-electron chi connectivity index (χ1n) is 5.58. The summed E-state index contributed by atoms with van der Waals surface area (Å²) in [5.74, 6) is 0. The molecule has 1 aliphatic heterocycles. The van der Waals surface area contributed by atoms with Crippen LogP contribution in [0.2, 0.25) is 0 Å². The van der Waals surface area contributed by atoms with Crippen LogP contribution in [-0.2, 0) is 6.54 Å². The van der Waals surface area contributed by atoms with Crippen molar-refractivity contribution in [3.05, 3.63) is 21.9 Å². The predicted octanol–water partition coefficient (Wildman–Crippen LogP) is 2.24. The first-order chi connectivity index (χ1) is 7.09. The van der Waals surface area contributed by atoms with Gasteiger partial charge in [-0.2, -0.15) is 0 Å². The highest BCUT2D eigenvalue weighted by Crippen LogP contribution is 2.23. The van der Waals surface area contributed by atoms with Gasteiger partial charge >= 0.3 is 0 Å². The summed E-state index contributed by atoms with van der Waals surface area (Å²) in [6.07, 6.45) is 0. The maximum atomic E-state index is 3.46. The third-order valence-corrected chi connectivity index (χ3v) is 4.28. The van der Waals surface area contributed by atoms with Crippen molar-refractivity contribution in [2.24, 2.45) is 0 Å². The molecule has 0 amide bonds. The zero-order chi connectivity index (χ0) is 10.9. The second-order valence-electron chi connectivity index (χ2n) is 4.94. The van der Waals surface area contributed by atoms with E-state index in [0.717, 1.165) is 26.2 Å². The highest BCUT2D eigenvalue weighted by molar-refractivity contribution is 7.10. The molecule has 0 aliphatic carbocycles. The molecule has 1 aromatic rings. The molecule has 1 N–H and O–H groups in total. The summed E-state index contributed by atoms with van der Waals surface area (Å²) in [5.41, 5.74) is 1.73. The van der Waals surface area contributed by atoms with Crippen molar-refractivity contribution < 1.29 is 0 Å². The minimum absolute atomic E-state index is 0.286. The zero-order valence-corrected chi connectivity index (χ0v) is 10.7. The van der Waals surface area contributed by atoms with E-state index >= 15 is 0 Å². The number of piperazine rings is 1. The Labute approximate surface area is 96.3 Å². The molecule has 2 nitrogen and oxygen atoms in total. The Kier molecular flexibility index (Phi) is 3.14. The summed E-state index contributed by atoms with van der Waals surface area (Å²) in [7, 11) is 0. The van der Waals surface area contributed by atoms with Gasteiger partial charge in [-0.3, -0.25) is 4.90 Å². The Morgan fingerprint density at radius 3 is 2.93 bits per heavy atom. The average Bonchev–Trinajstić information content (AvgIpc) is 2.56. The van der Waals surface area contributed by atoms with Crippen LogP contribution in [0.25, 0.3) is 0 Å². The van der Waals surface area contributed by atoms with E-state index in [0.29, 0.717) is 0 Å². The summed E-state index contributed by atoms with van der Waals surface area (Å²) in [6, 6.07) is 2.22. The van der Waals surface area contributed by atoms with Crippen LogP contribution in [0.3, 0.4) is 0 Å². The Morgan fingerprint density at radius 1 is 1.53 bits per heavy atom. The lowest BCUT2D eigenvalue weighted by atomic mass is 10.00. The highest BCUT2D eigenvalue weighted by atomic mass is 32.1. The Bertz CT molecular complexity index is 330. The molecule has 0 unspecified atom stereocenters. The van der Waals surface area contributed by atoms with E-state index in [1.807, 2.05) is 11.3 Å². The molecule has 1 aliphatic rings. The molecular formula is C12H20N2S. The summed E-state index contributed by atoms with van der Waals surface area (Å²) < 4.78 is 0. The number of nitrogens with zero attached hydrogens (tertiary/aromatic N) is 1. The van der Waals surface area contributed by atoms with Gasteiger partial charge < -0.3 is 5.32 Å². The third kappa shape index (κ3) is 2.41. The molecule has 0 saturated carbocycles. The van der Waals surface area contributed by atoms with Gasteiger partial charge in [-0.15, -0.1) is 11.3 Å². The topological polar surface area (TPSA) is 15.3 Å². The van der Waals surface area contributed by atoms with Crippen molar-refractivity contribution in [1.82, 2.24) is 10.2 Å². The lowest BCUT2D eigenvalue weighted by Gasteiger charge is -2.42. The van der Waals surface area contributed by atoms with Crippen molar-refractivity contribution in [3.8, 4) is 0 Å². The van der Waals surface area contributed by atoms with Gasteiger partial charge in [-0.1, -0.05) is 0 Å². The van der Waals surface area contributed by atoms with Crippen LogP contribution in [0.4, 0.5) is 0 Å². The van der Waals surface area contributed by atoms with E-state index < -0.39 is 0 Å². The molecule has 0 radical (unpaired) electrons. The number of rotatable bonds is 2. The summed E-state index contributed by atoms with van der Waals surface area (Å²) >= 11 is 1.88. The molecule has 0 atom stereocenters. The van der Waals surface area contributed by atoms with Crippen LogP contribution in [-0.4, -0.2) is 30.1 Å². The average molecular weight is 224 g/mol. The maximum absolute atomic E-state index is 3.46. The van der Waals surface area contributed by atoms with E-state index in [1.165, 1.54) is 10.4 Å². The van der Waals surface area contributed by atoms with Gasteiger partial charge in [0.2, 0.25) is 0 Å². The molecular weight excluding hydrogens is 204 g/mol. The van der Waals surface area contributed by atoms with Crippen molar-refractivity contribution in [1.29, 1.82) is 0 Å². The molecule has 2 rings (SSSR count). The summed E-state index contributed by atoms with van der Waals surface area (Å²) in [5, 5.41) is 5.66. The first-order valence-corrected chi connectivity index (χ1v) is 6.46. The molecule has 3 heteroatoms. The number of hydrogen-bond acceptors (Lipinski definition) is 3. The summed E-state index contributed by atoms with van der Waals surface area (Å²) in [6.45, 7) is 11.3. The van der Waals surface area contributed by atoms with Crippen molar-refractivity contribution in [2.45, 2.75) is 32.9 Å². The minimum Gasteiger partial charge on any atom is -0.314 e. The van der Waals surface area contributed by atoms with Crippen LogP contribution in [0.1, 0.15) is 24.3 Å². The standard InChI is InChI=1S/C12H20N2S/c1-10-4-7-15-11(10)8-14-6-5-13-9-12(14,2)3/h4,7,13H,5-6,8-9H2,1-3H3. The molecule has 15 heavy (non-hydrogen) atoms. The highest BCUT2D eigenvalue weighted by Gasteiger charge is 2.29. The van der Waals surface area contributed by atoms with Crippen molar-refractivity contribution >= 4 is 11.3 Å². The fourth-order valence-corrected chi connectivity index (χ4v) is 2.98. The maximum Gasteiger partial charge on any atom is 0.0336 e. The number of thiophene rings is 1. The number of nitrogens with one attached hydrogen (secondary N) is 1. The van der Waals surface area contributed by atoms with E-state index in [2.05, 4.69) is 42.4 Å². The van der Waals surface area contributed by atoms with E-state index in [-0.39, 0.29) is 5.54 Å². The van der Waals surface area contributed by atoms with Crippen molar-refractivity contribution in [2.75, 3.05) is 19.6 Å². The van der Waals surface area contributed by atoms with Gasteiger partial charge in [0.15, 0.2) is 0 Å². The first kappa shape index (κ1) is 11.1. The molecule has 1 fully saturated rings. The van der Waals surface area contributed by atoms with Gasteiger partial charge in [0.1, 0.15) is 0 Å². The van der Waals surface area contributed by atoms with Gasteiger partial charge in [-0.25, -0.2) is 0 Å². The van der Waals surface area contributed by atoms with E-state index in [9.17, 15) is 0 Å². The summed E-state index contributed by atoms with van der Waals surface area (Å²) in [4.78, 5) is 4.10. The number of hydrogen-bond donors (Lipinski definition) is 1. The monoisotopic (exact) mass is 224 g/mol. The van der Waals surface area contributed by atoms with Crippen LogP contribution < -0.4 is 5.32 Å². The second-order valence-corrected chi connectivity index (χ2v) is 5.94. The molecule has 0 aromatic carbocycles. The molecule has 1 aromatic heterocycles. The lowest BCUT2D eigenvalue weighted by molar-refractivity contribution is 0.0837. The fraction of sp³-hybridized carbons (Fsp3) is 0.667. The predicted molar refractivity (Wildman–Crippen MR) is 66.4 cm³/mol. The van der Waals surface area contributed by atoms with Crippen LogP contribution in [0.5, 0.6) is 0 Å². The van der Waals surface area contributed by atoms with Crippen LogP contribution in [0, 0.1) is 6.92 Å². The molecule has 1 saturated heterocycles. The number of aryl methyl sites for hydroxylation is 1. The Hall–Kier alpha value is -0.380. The van der Waals surface area contributed by atoms with Gasteiger partial charge in [0.05, 0.1) is 0 Å². The molecule has 0 bridgehead atoms. The Balaban J connectivity index is 2.07. The smallest absolute Gasteiger partial charge is 0.0336 e. The minimum atomic E-state index is 0.286. The van der Waals surface area contributed by atoms with Crippen LogP contribution in [0.15, 0.2) is 11.4 Å². The van der Waals surface area contributed by atoms with E-state index in [1.54, 1.807) is 0 Å². The zero-order valence-electron chi connectivity index (χ0n) is 9.84. The van der Waals surface area contributed by atoms with Crippen LogP contribution >= 0.6 is 11.3 Å². The second kappa shape index (κ2) is 4.24. The normalized spacial score (nSPS) is 21.8. The van der Waals surface area contributed by atoms with E-state index in [4.69, 9.17) is 0 Å². The largest absolute Gasteiger partial charge is 0.314 e. The van der Waals surface area contributed by atoms with Gasteiger partial charge in [-0.05, 0) is 37.8 Å². The van der Waals surface area contributed by atoms with Gasteiger partial charge in [0, 0.05) is 36.6 Å². The molecule has 0 spiro atoms. The Morgan fingerprint density at radius 2 is 2.33 bits per heavy atom. The third-order valence-electron chi connectivity index (χ3n) is 3.27. The fourth-order valence-electron chi connectivity index (χ4n) is 2.06.